The molecule has 32 heavy (non-hydrogen) atoms. The van der Waals surface area contributed by atoms with Gasteiger partial charge >= 0.3 is 0 Å². The molecule has 10 heteroatoms. The number of hydrogen-bond donors (Lipinski definition) is 2. The van der Waals surface area contributed by atoms with E-state index >= 15 is 0 Å². The molecule has 0 radical (unpaired) electrons. The molecule has 0 fully saturated rings. The third-order valence-electron chi connectivity index (χ3n) is 5.03. The highest BCUT2D eigenvalue weighted by Crippen LogP contribution is 2.37. The Hall–Kier alpha value is -3.43. The van der Waals surface area contributed by atoms with E-state index in [2.05, 4.69) is 20.5 Å². The molecule has 1 amide bonds. The number of benzene rings is 1. The second kappa shape index (κ2) is 9.37. The van der Waals surface area contributed by atoms with Gasteiger partial charge in [0.05, 0.1) is 43.5 Å². The maximum absolute atomic E-state index is 13.1. The zero-order valence-electron chi connectivity index (χ0n) is 17.7. The second-order valence-electron chi connectivity index (χ2n) is 7.28. The molecule has 0 saturated heterocycles. The number of aliphatic hydroxyl groups is 1. The Morgan fingerprint density at radius 2 is 2.16 bits per heavy atom. The highest BCUT2D eigenvalue weighted by Gasteiger charge is 2.22. The lowest BCUT2D eigenvalue weighted by molar-refractivity contribution is 0.102. The number of amides is 1. The number of methoxy groups -OCH3 is 1. The number of rotatable bonds is 8. The summed E-state index contributed by atoms with van der Waals surface area (Å²) in [5.74, 6) is 0.184. The molecule has 4 aromatic rings. The fourth-order valence-corrected chi connectivity index (χ4v) is 3.74. The Balaban J connectivity index is 1.76. The normalized spacial score (nSPS) is 12.1. The first-order valence-corrected chi connectivity index (χ1v) is 10.6. The number of carbonyl (C=O) groups excluding carboxylic acids is 1. The van der Waals surface area contributed by atoms with Crippen molar-refractivity contribution in [2.24, 2.45) is 0 Å². The van der Waals surface area contributed by atoms with Crippen molar-refractivity contribution in [3.8, 4) is 17.0 Å². The van der Waals surface area contributed by atoms with Crippen molar-refractivity contribution < 1.29 is 14.6 Å². The summed E-state index contributed by atoms with van der Waals surface area (Å²) in [5, 5.41) is 22.4. The van der Waals surface area contributed by atoms with Gasteiger partial charge in [-0.25, -0.2) is 9.50 Å². The Kier molecular flexibility index (Phi) is 6.38. The summed E-state index contributed by atoms with van der Waals surface area (Å²) < 4.78 is 8.70. The van der Waals surface area contributed by atoms with Gasteiger partial charge in [0, 0.05) is 23.0 Å². The van der Waals surface area contributed by atoms with Crippen molar-refractivity contribution >= 4 is 28.8 Å². The molecule has 0 bridgehead atoms. The van der Waals surface area contributed by atoms with E-state index in [4.69, 9.17) is 16.3 Å². The van der Waals surface area contributed by atoms with Gasteiger partial charge in [-0.05, 0) is 30.7 Å². The van der Waals surface area contributed by atoms with Crippen molar-refractivity contribution in [3.05, 3.63) is 59.6 Å². The van der Waals surface area contributed by atoms with Gasteiger partial charge in [-0.2, -0.15) is 10.2 Å². The number of hydrogen-bond acceptors (Lipinski definition) is 6. The summed E-state index contributed by atoms with van der Waals surface area (Å²) in [5.41, 5.74) is 2.45. The smallest absolute Gasteiger partial charge is 0.261 e. The minimum atomic E-state index is -0.587. The lowest BCUT2D eigenvalue weighted by Crippen LogP contribution is -2.18. The van der Waals surface area contributed by atoms with E-state index in [0.29, 0.717) is 45.3 Å². The number of carbonyl (C=O) groups is 1. The van der Waals surface area contributed by atoms with Gasteiger partial charge in [0.2, 0.25) is 0 Å². The molecule has 0 aliphatic carbocycles. The minimum absolute atomic E-state index is 0.257. The third kappa shape index (κ3) is 4.30. The summed E-state index contributed by atoms with van der Waals surface area (Å²) in [6, 6.07) is 6.95. The van der Waals surface area contributed by atoms with Crippen molar-refractivity contribution in [1.29, 1.82) is 0 Å². The fraction of sp³-hybridized carbons (Fsp3) is 0.273. The maximum atomic E-state index is 13.1. The summed E-state index contributed by atoms with van der Waals surface area (Å²) in [4.78, 5) is 17.3. The number of fused-ring (bicyclic) bond motifs is 1. The van der Waals surface area contributed by atoms with Crippen LogP contribution in [-0.4, -0.2) is 48.6 Å². The molecule has 9 nitrogen and oxygen atoms in total. The quantitative estimate of drug-likeness (QED) is 0.420. The van der Waals surface area contributed by atoms with E-state index in [-0.39, 0.29) is 12.5 Å². The van der Waals surface area contributed by atoms with Crippen LogP contribution in [0.5, 0.6) is 5.75 Å². The van der Waals surface area contributed by atoms with Gasteiger partial charge in [0.25, 0.3) is 5.91 Å². The monoisotopic (exact) mass is 454 g/mol. The molecule has 3 aromatic heterocycles. The van der Waals surface area contributed by atoms with Crippen molar-refractivity contribution in [1.82, 2.24) is 24.4 Å². The van der Waals surface area contributed by atoms with Gasteiger partial charge in [0.1, 0.15) is 11.3 Å². The first-order chi connectivity index (χ1) is 15.5. The van der Waals surface area contributed by atoms with Crippen LogP contribution in [0.15, 0.2) is 49.1 Å². The van der Waals surface area contributed by atoms with Gasteiger partial charge in [-0.1, -0.05) is 24.9 Å². The Morgan fingerprint density at radius 1 is 1.31 bits per heavy atom. The Morgan fingerprint density at radius 3 is 2.94 bits per heavy atom. The number of aliphatic hydroxyl groups excluding tert-OH is 1. The fourth-order valence-electron chi connectivity index (χ4n) is 3.57. The summed E-state index contributed by atoms with van der Waals surface area (Å²) in [6.45, 7) is 2.26. The van der Waals surface area contributed by atoms with Crippen molar-refractivity contribution in [2.45, 2.75) is 32.4 Å². The topological polar surface area (TPSA) is 107 Å². The lowest BCUT2D eigenvalue weighted by atomic mass is 10.1. The molecule has 1 aromatic carbocycles. The van der Waals surface area contributed by atoms with Gasteiger partial charge in [-0.3, -0.25) is 9.48 Å². The predicted molar refractivity (Wildman–Crippen MR) is 121 cm³/mol. The minimum Gasteiger partial charge on any atom is -0.496 e. The van der Waals surface area contributed by atoms with Gasteiger partial charge < -0.3 is 15.2 Å². The predicted octanol–water partition coefficient (Wildman–Crippen LogP) is 3.67. The SMILES string of the molecule is CCCC(O)Cn1ncc(NC(=O)c2cnn3cccnc23)c1-c1cc(Cl)ccc1OC. The number of nitrogens with zero attached hydrogens (tertiary/aromatic N) is 5. The van der Waals surface area contributed by atoms with E-state index < -0.39 is 6.10 Å². The molecule has 0 spiro atoms. The number of nitrogens with one attached hydrogen (secondary N) is 1. The molecule has 0 aliphatic heterocycles. The standard InChI is InChI=1S/C22H23ClN6O3/c1-3-5-15(30)13-29-20(16-10-14(23)6-7-19(16)32-2)18(12-26-29)27-22(31)17-11-25-28-9-4-8-24-21(17)28/h4,6-12,15,30H,3,5,13H2,1-2H3,(H,27,31). The number of aromatic nitrogens is 5. The first kappa shape index (κ1) is 21.8. The molecule has 0 saturated carbocycles. The van der Waals surface area contributed by atoms with Crippen LogP contribution in [0.1, 0.15) is 30.1 Å². The molecule has 1 unspecified atom stereocenters. The molecule has 166 valence electrons. The molecule has 3 heterocycles. The van der Waals surface area contributed by atoms with E-state index in [9.17, 15) is 9.90 Å². The van der Waals surface area contributed by atoms with Gasteiger partial charge in [-0.15, -0.1) is 0 Å². The van der Waals surface area contributed by atoms with Crippen molar-refractivity contribution in [2.75, 3.05) is 12.4 Å². The average molecular weight is 455 g/mol. The van der Waals surface area contributed by atoms with Gasteiger partial charge in [0.15, 0.2) is 5.65 Å². The third-order valence-corrected chi connectivity index (χ3v) is 5.27. The van der Waals surface area contributed by atoms with Crippen LogP contribution in [0, 0.1) is 0 Å². The molecular formula is C22H23ClN6O3. The number of halogens is 1. The van der Waals surface area contributed by atoms with Crippen LogP contribution in [0.2, 0.25) is 5.02 Å². The first-order valence-electron chi connectivity index (χ1n) is 10.2. The summed E-state index contributed by atoms with van der Waals surface area (Å²) in [7, 11) is 1.56. The maximum Gasteiger partial charge on any atom is 0.261 e. The largest absolute Gasteiger partial charge is 0.496 e. The van der Waals surface area contributed by atoms with Crippen molar-refractivity contribution in [3.63, 3.8) is 0 Å². The Bertz CT molecular complexity index is 1250. The summed E-state index contributed by atoms with van der Waals surface area (Å²) >= 11 is 6.26. The van der Waals surface area contributed by atoms with Crippen LogP contribution in [0.3, 0.4) is 0 Å². The zero-order chi connectivity index (χ0) is 22.7. The molecule has 0 aliphatic rings. The van der Waals surface area contributed by atoms with E-state index in [1.165, 1.54) is 10.7 Å². The lowest BCUT2D eigenvalue weighted by Gasteiger charge is -2.16. The Labute approximate surface area is 189 Å². The van der Waals surface area contributed by atoms with Crippen LogP contribution < -0.4 is 10.1 Å². The molecule has 1 atom stereocenters. The van der Waals surface area contributed by atoms with E-state index in [1.807, 2.05) is 6.92 Å². The molecule has 4 rings (SSSR count). The van der Waals surface area contributed by atoms with Crippen LogP contribution in [0.4, 0.5) is 5.69 Å². The number of anilines is 1. The molecular weight excluding hydrogens is 432 g/mol. The highest BCUT2D eigenvalue weighted by molar-refractivity contribution is 6.31. The summed E-state index contributed by atoms with van der Waals surface area (Å²) in [6.07, 6.45) is 7.21. The van der Waals surface area contributed by atoms with Crippen LogP contribution in [-0.2, 0) is 6.54 Å². The average Bonchev–Trinajstić information content (AvgIpc) is 3.38. The highest BCUT2D eigenvalue weighted by atomic mass is 35.5. The van der Waals surface area contributed by atoms with Crippen LogP contribution >= 0.6 is 11.6 Å². The zero-order valence-corrected chi connectivity index (χ0v) is 18.5. The second-order valence-corrected chi connectivity index (χ2v) is 7.71. The van der Waals surface area contributed by atoms with Crippen LogP contribution in [0.25, 0.3) is 16.9 Å². The number of ether oxygens (including phenoxy) is 1. The van der Waals surface area contributed by atoms with E-state index in [1.54, 1.807) is 54.6 Å². The molecule has 2 N–H and O–H groups in total. The van der Waals surface area contributed by atoms with E-state index in [0.717, 1.165) is 6.42 Å².